The Morgan fingerprint density at radius 3 is 2.69 bits per heavy atom. The molecule has 0 fully saturated rings. The summed E-state index contributed by atoms with van der Waals surface area (Å²) in [6.45, 7) is 2.59. The highest BCUT2D eigenvalue weighted by atomic mass is 16.3. The van der Waals surface area contributed by atoms with E-state index in [1.165, 1.54) is 17.5 Å². The van der Waals surface area contributed by atoms with Gasteiger partial charge in [-0.1, -0.05) is 31.2 Å². The molecule has 0 bridgehead atoms. The predicted molar refractivity (Wildman–Crippen MR) is 53.9 cm³/mol. The zero-order valence-corrected chi connectivity index (χ0v) is 8.03. The largest absolute Gasteiger partial charge is 0.396 e. The number of fused-ring (bicyclic) bond motifs is 1. The van der Waals surface area contributed by atoms with Crippen molar-refractivity contribution in [3.63, 3.8) is 0 Å². The summed E-state index contributed by atoms with van der Waals surface area (Å²) < 4.78 is 0. The minimum absolute atomic E-state index is 0.311. The summed E-state index contributed by atoms with van der Waals surface area (Å²) in [6.07, 6.45) is 2.13. The average Bonchev–Trinajstić information content (AvgIpc) is 2.46. The van der Waals surface area contributed by atoms with Gasteiger partial charge in [0.2, 0.25) is 0 Å². The Morgan fingerprint density at radius 2 is 2.00 bits per heavy atom. The van der Waals surface area contributed by atoms with E-state index < -0.39 is 0 Å². The molecule has 0 spiro atoms. The number of benzene rings is 1. The summed E-state index contributed by atoms with van der Waals surface area (Å²) in [5, 5.41) is 8.94. The van der Waals surface area contributed by atoms with Gasteiger partial charge in [-0.3, -0.25) is 0 Å². The molecule has 13 heavy (non-hydrogen) atoms. The Kier molecular flexibility index (Phi) is 2.36. The summed E-state index contributed by atoms with van der Waals surface area (Å²) >= 11 is 0. The van der Waals surface area contributed by atoms with Crippen molar-refractivity contribution in [2.75, 3.05) is 6.61 Å². The normalized spacial score (nSPS) is 26.0. The van der Waals surface area contributed by atoms with Gasteiger partial charge in [-0.15, -0.1) is 0 Å². The first-order valence-corrected chi connectivity index (χ1v) is 5.02. The molecule has 1 aromatic carbocycles. The second kappa shape index (κ2) is 3.51. The van der Waals surface area contributed by atoms with E-state index in [1.54, 1.807) is 0 Å². The van der Waals surface area contributed by atoms with Crippen molar-refractivity contribution in [2.45, 2.75) is 31.6 Å². The molecule has 1 aliphatic rings. The first kappa shape index (κ1) is 8.76. The topological polar surface area (TPSA) is 20.2 Å². The number of aliphatic hydroxyl groups is 1. The van der Waals surface area contributed by atoms with Crippen LogP contribution >= 0.6 is 0 Å². The van der Waals surface area contributed by atoms with Crippen LogP contribution in [0.1, 0.15) is 42.7 Å². The molecule has 0 amide bonds. The van der Waals surface area contributed by atoms with E-state index in [9.17, 15) is 0 Å². The standard InChI is InChI=1S/C12H16O/c1-9-8-10(6-7-13)12-5-3-2-4-11(9)12/h2-5,9-10,13H,6-8H2,1H3. The Labute approximate surface area is 79.4 Å². The van der Waals surface area contributed by atoms with Crippen LogP contribution in [0.4, 0.5) is 0 Å². The van der Waals surface area contributed by atoms with Crippen LogP contribution in [0.5, 0.6) is 0 Å². The van der Waals surface area contributed by atoms with E-state index in [0.717, 1.165) is 6.42 Å². The molecule has 0 aromatic heterocycles. The Hall–Kier alpha value is -0.820. The molecule has 1 heteroatoms. The van der Waals surface area contributed by atoms with Crippen molar-refractivity contribution in [2.24, 2.45) is 0 Å². The molecule has 1 N–H and O–H groups in total. The van der Waals surface area contributed by atoms with E-state index in [-0.39, 0.29) is 0 Å². The zero-order valence-electron chi connectivity index (χ0n) is 8.03. The molecule has 2 unspecified atom stereocenters. The molecular weight excluding hydrogens is 160 g/mol. The van der Waals surface area contributed by atoms with Crippen LogP contribution in [-0.4, -0.2) is 11.7 Å². The van der Waals surface area contributed by atoms with Crippen LogP contribution in [0, 0.1) is 0 Å². The van der Waals surface area contributed by atoms with Crippen molar-refractivity contribution >= 4 is 0 Å². The maximum absolute atomic E-state index is 8.94. The van der Waals surface area contributed by atoms with E-state index in [0.29, 0.717) is 18.4 Å². The van der Waals surface area contributed by atoms with Gasteiger partial charge in [0, 0.05) is 6.61 Å². The smallest absolute Gasteiger partial charge is 0.0436 e. The molecule has 2 atom stereocenters. The van der Waals surface area contributed by atoms with Gasteiger partial charge < -0.3 is 5.11 Å². The van der Waals surface area contributed by atoms with Crippen molar-refractivity contribution in [1.29, 1.82) is 0 Å². The number of aliphatic hydroxyl groups excluding tert-OH is 1. The van der Waals surface area contributed by atoms with Gasteiger partial charge >= 0.3 is 0 Å². The zero-order chi connectivity index (χ0) is 9.26. The SMILES string of the molecule is CC1CC(CCO)c2ccccc21. The Bertz CT molecular complexity index is 293. The first-order chi connectivity index (χ1) is 6.33. The fourth-order valence-electron chi connectivity index (χ4n) is 2.44. The second-order valence-electron chi connectivity index (χ2n) is 3.97. The van der Waals surface area contributed by atoms with Gasteiger partial charge in [-0.2, -0.15) is 0 Å². The van der Waals surface area contributed by atoms with Gasteiger partial charge in [0.05, 0.1) is 0 Å². The van der Waals surface area contributed by atoms with E-state index in [2.05, 4.69) is 31.2 Å². The van der Waals surface area contributed by atoms with E-state index in [4.69, 9.17) is 5.11 Å². The van der Waals surface area contributed by atoms with E-state index >= 15 is 0 Å². The molecule has 0 saturated heterocycles. The molecule has 1 aliphatic carbocycles. The summed E-state index contributed by atoms with van der Waals surface area (Å²) in [5.41, 5.74) is 2.95. The molecule has 0 heterocycles. The van der Waals surface area contributed by atoms with Gasteiger partial charge in [-0.25, -0.2) is 0 Å². The lowest BCUT2D eigenvalue weighted by molar-refractivity contribution is 0.274. The van der Waals surface area contributed by atoms with Crippen molar-refractivity contribution in [3.8, 4) is 0 Å². The van der Waals surface area contributed by atoms with Crippen LogP contribution < -0.4 is 0 Å². The lowest BCUT2D eigenvalue weighted by atomic mass is 9.98. The van der Waals surface area contributed by atoms with Crippen LogP contribution in [0.2, 0.25) is 0 Å². The van der Waals surface area contributed by atoms with Crippen LogP contribution in [0.25, 0.3) is 0 Å². The summed E-state index contributed by atoms with van der Waals surface area (Å²) in [6, 6.07) is 8.63. The number of hydrogen-bond acceptors (Lipinski definition) is 1. The van der Waals surface area contributed by atoms with Gasteiger partial charge in [0.1, 0.15) is 0 Å². The molecule has 1 nitrogen and oxygen atoms in total. The Balaban J connectivity index is 2.30. The highest BCUT2D eigenvalue weighted by Gasteiger charge is 2.26. The van der Waals surface area contributed by atoms with Gasteiger partial charge in [-0.05, 0) is 35.8 Å². The minimum Gasteiger partial charge on any atom is -0.396 e. The molecule has 70 valence electrons. The third-order valence-corrected chi connectivity index (χ3v) is 3.08. The molecular formula is C12H16O. The van der Waals surface area contributed by atoms with Crippen LogP contribution in [0.15, 0.2) is 24.3 Å². The quantitative estimate of drug-likeness (QED) is 0.734. The summed E-state index contributed by atoms with van der Waals surface area (Å²) in [4.78, 5) is 0. The summed E-state index contributed by atoms with van der Waals surface area (Å²) in [7, 11) is 0. The molecule has 0 saturated carbocycles. The monoisotopic (exact) mass is 176 g/mol. The molecule has 2 rings (SSSR count). The van der Waals surface area contributed by atoms with Crippen molar-refractivity contribution in [1.82, 2.24) is 0 Å². The maximum Gasteiger partial charge on any atom is 0.0436 e. The number of hydrogen-bond donors (Lipinski definition) is 1. The third kappa shape index (κ3) is 1.49. The Morgan fingerprint density at radius 1 is 1.31 bits per heavy atom. The average molecular weight is 176 g/mol. The lowest BCUT2D eigenvalue weighted by Crippen LogP contribution is -1.96. The second-order valence-corrected chi connectivity index (χ2v) is 3.97. The lowest BCUT2D eigenvalue weighted by Gasteiger charge is -2.08. The summed E-state index contributed by atoms with van der Waals surface area (Å²) in [5.74, 6) is 1.27. The molecule has 0 aliphatic heterocycles. The van der Waals surface area contributed by atoms with Crippen LogP contribution in [0.3, 0.4) is 0 Å². The van der Waals surface area contributed by atoms with Crippen LogP contribution in [-0.2, 0) is 0 Å². The third-order valence-electron chi connectivity index (χ3n) is 3.08. The van der Waals surface area contributed by atoms with Crippen molar-refractivity contribution in [3.05, 3.63) is 35.4 Å². The van der Waals surface area contributed by atoms with Gasteiger partial charge in [0.25, 0.3) is 0 Å². The van der Waals surface area contributed by atoms with E-state index in [1.807, 2.05) is 0 Å². The van der Waals surface area contributed by atoms with Gasteiger partial charge in [0.15, 0.2) is 0 Å². The molecule has 0 radical (unpaired) electrons. The minimum atomic E-state index is 0.311. The fraction of sp³-hybridized carbons (Fsp3) is 0.500. The fourth-order valence-corrected chi connectivity index (χ4v) is 2.44. The highest BCUT2D eigenvalue weighted by Crippen LogP contribution is 2.42. The number of rotatable bonds is 2. The molecule has 1 aromatic rings. The first-order valence-electron chi connectivity index (χ1n) is 5.02. The van der Waals surface area contributed by atoms with Crippen molar-refractivity contribution < 1.29 is 5.11 Å². The predicted octanol–water partition coefficient (Wildman–Crippen LogP) is 2.66. The maximum atomic E-state index is 8.94. The highest BCUT2D eigenvalue weighted by molar-refractivity contribution is 5.37.